The molecule has 3 aromatic rings. The third-order valence-corrected chi connectivity index (χ3v) is 8.60. The molecule has 0 fully saturated rings. The van der Waals surface area contributed by atoms with E-state index < -0.39 is 6.89 Å². The first-order valence-corrected chi connectivity index (χ1v) is 9.18. The van der Waals surface area contributed by atoms with Crippen LogP contribution in [0.1, 0.15) is 6.92 Å². The van der Waals surface area contributed by atoms with Gasteiger partial charge in [0, 0.05) is 0 Å². The van der Waals surface area contributed by atoms with Crippen LogP contribution in [0.25, 0.3) is 11.1 Å². The molecule has 1 heteroatoms. The third-order valence-electron chi connectivity index (χ3n) is 4.41. The normalized spacial score (nSPS) is 14.3. The van der Waals surface area contributed by atoms with Crippen molar-refractivity contribution in [1.82, 2.24) is 0 Å². The quantitative estimate of drug-likeness (QED) is 0.468. The van der Waals surface area contributed by atoms with Crippen molar-refractivity contribution in [2.75, 3.05) is 0 Å². The van der Waals surface area contributed by atoms with E-state index in [2.05, 4.69) is 91.6 Å². The molecule has 0 aromatic heterocycles. The topological polar surface area (TPSA) is 0 Å². The van der Waals surface area contributed by atoms with Gasteiger partial charge in [0.15, 0.2) is 0 Å². The summed E-state index contributed by atoms with van der Waals surface area (Å²) in [7, 11) is 0. The molecular weight excluding hydrogens is 271 g/mol. The molecule has 102 valence electrons. The van der Waals surface area contributed by atoms with Gasteiger partial charge in [-0.05, 0) is 40.9 Å². The highest BCUT2D eigenvalue weighted by molar-refractivity contribution is 7.95. The van der Waals surface area contributed by atoms with Crippen molar-refractivity contribution in [3.63, 3.8) is 0 Å². The molecule has 0 aliphatic carbocycles. The summed E-state index contributed by atoms with van der Waals surface area (Å²) in [6, 6.07) is 28.8. The van der Waals surface area contributed by atoms with Crippen LogP contribution in [0.15, 0.2) is 78.9 Å². The largest absolute Gasteiger partial charge is 0.0773 e. The molecular formula is C20H17P. The second-order valence-electron chi connectivity index (χ2n) is 5.35. The molecule has 1 aliphatic heterocycles. The molecule has 0 N–H and O–H groups in total. The average Bonchev–Trinajstić information content (AvgIpc) is 2.87. The fourth-order valence-corrected chi connectivity index (χ4v) is 7.62. The van der Waals surface area contributed by atoms with Crippen LogP contribution >= 0.6 is 6.89 Å². The highest BCUT2D eigenvalue weighted by Crippen LogP contribution is 2.52. The monoisotopic (exact) mass is 288 g/mol. The Morgan fingerprint density at radius 1 is 0.619 bits per heavy atom. The smallest absolute Gasteiger partial charge is 0.00844 e. The molecule has 0 bridgehead atoms. The fraction of sp³-hybridized carbons (Fsp3) is 0.0500. The predicted molar refractivity (Wildman–Crippen MR) is 95.9 cm³/mol. The number of hydrogen-bond acceptors (Lipinski definition) is 0. The lowest BCUT2D eigenvalue weighted by Crippen LogP contribution is -2.22. The molecule has 1 heterocycles. The van der Waals surface area contributed by atoms with Gasteiger partial charge in [0.2, 0.25) is 0 Å². The van der Waals surface area contributed by atoms with Crippen LogP contribution < -0.4 is 15.9 Å². The zero-order valence-electron chi connectivity index (χ0n) is 12.0. The van der Waals surface area contributed by atoms with Crippen LogP contribution in [0, 0.1) is 0 Å². The van der Waals surface area contributed by atoms with Gasteiger partial charge >= 0.3 is 0 Å². The minimum atomic E-state index is -1.59. The van der Waals surface area contributed by atoms with E-state index in [1.807, 2.05) is 0 Å². The molecule has 4 rings (SSSR count). The second-order valence-corrected chi connectivity index (χ2v) is 8.79. The molecule has 0 spiro atoms. The number of rotatable bonds is 1. The van der Waals surface area contributed by atoms with E-state index in [-0.39, 0.29) is 0 Å². The molecule has 0 unspecified atom stereocenters. The maximum absolute atomic E-state index is 2.45. The maximum Gasteiger partial charge on any atom is -0.00844 e. The Balaban J connectivity index is 2.18. The van der Waals surface area contributed by atoms with E-state index in [1.54, 1.807) is 0 Å². The first-order chi connectivity index (χ1) is 10.4. The summed E-state index contributed by atoms with van der Waals surface area (Å²) in [6.45, 7) is 0.637. The van der Waals surface area contributed by atoms with Gasteiger partial charge in [0.05, 0.1) is 0 Å². The lowest BCUT2D eigenvalue weighted by molar-refractivity contribution is 1.71. The standard InChI is InChI=1S/C20H17P/c1-2-21(16-10-4-3-5-11-16)19-14-8-6-12-17(19)18-13-7-9-15-20(18)21/h2-15H,1H3. The Labute approximate surface area is 126 Å². The number of hydrogen-bond donors (Lipinski definition) is 0. The van der Waals surface area contributed by atoms with E-state index in [1.165, 1.54) is 27.0 Å². The van der Waals surface area contributed by atoms with Crippen molar-refractivity contribution in [1.29, 1.82) is 0 Å². The Morgan fingerprint density at radius 3 is 1.62 bits per heavy atom. The van der Waals surface area contributed by atoms with E-state index >= 15 is 0 Å². The van der Waals surface area contributed by atoms with E-state index in [0.717, 1.165) is 0 Å². The first kappa shape index (κ1) is 12.7. The van der Waals surface area contributed by atoms with Crippen LogP contribution in [0.5, 0.6) is 0 Å². The number of benzene rings is 3. The first-order valence-electron chi connectivity index (χ1n) is 7.32. The molecule has 1 aliphatic rings. The summed E-state index contributed by atoms with van der Waals surface area (Å²) in [5.41, 5.74) is 2.81. The average molecular weight is 288 g/mol. The van der Waals surface area contributed by atoms with Crippen LogP contribution in [-0.4, -0.2) is 5.80 Å². The highest BCUT2D eigenvalue weighted by Gasteiger charge is 2.34. The highest BCUT2D eigenvalue weighted by atomic mass is 31.2. The van der Waals surface area contributed by atoms with Gasteiger partial charge in [0.25, 0.3) is 0 Å². The van der Waals surface area contributed by atoms with Crippen molar-refractivity contribution >= 4 is 28.6 Å². The van der Waals surface area contributed by atoms with Gasteiger partial charge in [0.1, 0.15) is 0 Å². The van der Waals surface area contributed by atoms with Gasteiger partial charge in [-0.2, -0.15) is 0 Å². The van der Waals surface area contributed by atoms with Gasteiger partial charge in [-0.3, -0.25) is 0 Å². The van der Waals surface area contributed by atoms with Crippen LogP contribution in [-0.2, 0) is 0 Å². The zero-order valence-corrected chi connectivity index (χ0v) is 12.9. The van der Waals surface area contributed by atoms with Crippen LogP contribution in [0.3, 0.4) is 0 Å². The van der Waals surface area contributed by atoms with Crippen molar-refractivity contribution < 1.29 is 0 Å². The molecule has 0 saturated heterocycles. The molecule has 0 nitrogen and oxygen atoms in total. The molecule has 0 saturated carbocycles. The molecule has 3 aromatic carbocycles. The summed E-state index contributed by atoms with van der Waals surface area (Å²) in [6.07, 6.45) is 0. The lowest BCUT2D eigenvalue weighted by Gasteiger charge is -2.24. The molecule has 0 atom stereocenters. The Morgan fingerprint density at radius 2 is 1.10 bits per heavy atom. The van der Waals surface area contributed by atoms with Gasteiger partial charge in [-0.1, -0.05) is 84.7 Å². The van der Waals surface area contributed by atoms with Gasteiger partial charge in [-0.15, -0.1) is 0 Å². The van der Waals surface area contributed by atoms with Gasteiger partial charge in [-0.25, -0.2) is 0 Å². The maximum atomic E-state index is 2.45. The van der Waals surface area contributed by atoms with E-state index in [9.17, 15) is 0 Å². The van der Waals surface area contributed by atoms with Crippen LogP contribution in [0.4, 0.5) is 0 Å². The number of fused-ring (bicyclic) bond motifs is 3. The predicted octanol–water partition coefficient (Wildman–Crippen LogP) is 3.78. The fourth-order valence-electron chi connectivity index (χ4n) is 3.52. The van der Waals surface area contributed by atoms with Crippen molar-refractivity contribution in [3.05, 3.63) is 78.9 Å². The van der Waals surface area contributed by atoms with E-state index in [0.29, 0.717) is 0 Å². The van der Waals surface area contributed by atoms with E-state index in [4.69, 9.17) is 0 Å². The SMILES string of the molecule is CC=P1(c2ccccc2)c2ccccc2-c2ccccc21. The van der Waals surface area contributed by atoms with Crippen LogP contribution in [0.2, 0.25) is 0 Å². The second kappa shape index (κ2) is 4.76. The van der Waals surface area contributed by atoms with Crippen molar-refractivity contribution in [3.8, 4) is 11.1 Å². The zero-order chi connectivity index (χ0) is 14.3. The van der Waals surface area contributed by atoms with Crippen molar-refractivity contribution in [2.24, 2.45) is 0 Å². The third kappa shape index (κ3) is 1.63. The summed E-state index contributed by atoms with van der Waals surface area (Å²) in [5.74, 6) is 2.45. The summed E-state index contributed by atoms with van der Waals surface area (Å²) in [5, 5.41) is 4.45. The Bertz CT molecular complexity index is 810. The summed E-state index contributed by atoms with van der Waals surface area (Å²) in [4.78, 5) is 0. The summed E-state index contributed by atoms with van der Waals surface area (Å²) < 4.78 is 0. The van der Waals surface area contributed by atoms with Gasteiger partial charge < -0.3 is 0 Å². The Kier molecular flexibility index (Phi) is 2.87. The van der Waals surface area contributed by atoms with Crippen molar-refractivity contribution in [2.45, 2.75) is 6.92 Å². The lowest BCUT2D eigenvalue weighted by atomic mass is 10.1. The minimum Gasteiger partial charge on any atom is -0.0773 e. The molecule has 21 heavy (non-hydrogen) atoms. The molecule has 0 amide bonds. The Hall–Kier alpha value is -2.04. The summed E-state index contributed by atoms with van der Waals surface area (Å²) >= 11 is 0. The minimum absolute atomic E-state index is 1.41. The molecule has 0 radical (unpaired) electrons.